The summed E-state index contributed by atoms with van der Waals surface area (Å²) in [5.74, 6) is 0.779. The summed E-state index contributed by atoms with van der Waals surface area (Å²) >= 11 is 6.53. The predicted molar refractivity (Wildman–Crippen MR) is 139 cm³/mol. The van der Waals surface area contributed by atoms with Crippen molar-refractivity contribution in [2.75, 3.05) is 31.6 Å². The van der Waals surface area contributed by atoms with Gasteiger partial charge in [-0.2, -0.15) is 0 Å². The van der Waals surface area contributed by atoms with Crippen molar-refractivity contribution in [3.8, 4) is 11.5 Å². The van der Waals surface area contributed by atoms with Gasteiger partial charge in [-0.05, 0) is 42.5 Å². The molecule has 8 nitrogen and oxygen atoms in total. The Labute approximate surface area is 220 Å². The van der Waals surface area contributed by atoms with Gasteiger partial charge in [0.25, 0.3) is 0 Å². The Balaban J connectivity index is 1.54. The van der Waals surface area contributed by atoms with Crippen molar-refractivity contribution < 1.29 is 28.7 Å². The Bertz CT molecular complexity index is 1300. The summed E-state index contributed by atoms with van der Waals surface area (Å²) in [6.07, 6.45) is 4.39. The van der Waals surface area contributed by atoms with Crippen LogP contribution in [0.5, 0.6) is 11.5 Å². The number of piperidine rings is 1. The van der Waals surface area contributed by atoms with E-state index in [0.29, 0.717) is 29.4 Å². The van der Waals surface area contributed by atoms with E-state index in [2.05, 4.69) is 9.88 Å². The van der Waals surface area contributed by atoms with E-state index in [4.69, 9.17) is 26.2 Å². The lowest BCUT2D eigenvalue weighted by Crippen LogP contribution is -2.61. The minimum Gasteiger partial charge on any atom is -0.493 e. The molecule has 37 heavy (non-hydrogen) atoms. The van der Waals surface area contributed by atoms with Gasteiger partial charge in [-0.25, -0.2) is 14.1 Å². The Morgan fingerprint density at radius 3 is 2.51 bits per heavy atom. The first kappa shape index (κ1) is 25.0. The molecule has 192 valence electrons. The van der Waals surface area contributed by atoms with Gasteiger partial charge in [0.05, 0.1) is 35.8 Å². The fourth-order valence-electron chi connectivity index (χ4n) is 5.75. The second-order valence-corrected chi connectivity index (χ2v) is 9.98. The van der Waals surface area contributed by atoms with Crippen LogP contribution in [0.15, 0.2) is 67.0 Å². The van der Waals surface area contributed by atoms with Crippen LogP contribution in [0, 0.1) is 0 Å². The van der Waals surface area contributed by atoms with Crippen molar-refractivity contribution in [3.63, 3.8) is 0 Å². The van der Waals surface area contributed by atoms with Crippen molar-refractivity contribution in [2.45, 2.75) is 31.3 Å². The lowest BCUT2D eigenvalue weighted by atomic mass is 9.89. The molecule has 2 aliphatic heterocycles. The number of pyridine rings is 1. The summed E-state index contributed by atoms with van der Waals surface area (Å²) in [4.78, 5) is 32.1. The molecule has 1 saturated heterocycles. The van der Waals surface area contributed by atoms with Crippen LogP contribution in [0.1, 0.15) is 41.2 Å². The third kappa shape index (κ3) is 4.86. The van der Waals surface area contributed by atoms with Crippen LogP contribution in [0.2, 0.25) is 5.02 Å². The van der Waals surface area contributed by atoms with Gasteiger partial charge in [0.2, 0.25) is 0 Å². The number of benzene rings is 2. The summed E-state index contributed by atoms with van der Waals surface area (Å²) < 4.78 is 11.0. The number of aromatic nitrogens is 1. The molecule has 3 heterocycles. The Morgan fingerprint density at radius 2 is 1.81 bits per heavy atom. The van der Waals surface area contributed by atoms with Crippen molar-refractivity contribution in [1.29, 1.82) is 0 Å². The molecule has 3 aromatic rings. The highest BCUT2D eigenvalue weighted by Crippen LogP contribution is 2.45. The number of quaternary nitrogens is 1. The number of rotatable bonds is 5. The molecular formula is C28H29ClN3O5+. The number of ether oxygens (including phenoxy) is 2. The van der Waals surface area contributed by atoms with Crippen molar-refractivity contribution >= 4 is 29.4 Å². The normalized spacial score (nSPS) is 19.3. The number of hydrogen-bond donors (Lipinski definition) is 1. The molecule has 9 heteroatoms. The van der Waals surface area contributed by atoms with E-state index < -0.39 is 6.16 Å². The molecule has 0 saturated carbocycles. The lowest BCUT2D eigenvalue weighted by molar-refractivity contribution is -0.888. The van der Waals surface area contributed by atoms with Gasteiger partial charge in [-0.3, -0.25) is 4.98 Å². The highest BCUT2D eigenvalue weighted by molar-refractivity contribution is 6.33. The zero-order chi connectivity index (χ0) is 26.0. The van der Waals surface area contributed by atoms with Crippen LogP contribution < -0.4 is 14.4 Å². The number of nitrogens with zero attached hydrogens (tertiary/aromatic N) is 3. The van der Waals surface area contributed by atoms with Gasteiger partial charge in [0, 0.05) is 50.4 Å². The highest BCUT2D eigenvalue weighted by Gasteiger charge is 2.50. The summed E-state index contributed by atoms with van der Waals surface area (Å²) in [6.45, 7) is 2.06. The quantitative estimate of drug-likeness (QED) is 0.266. The number of hydrogen-bond acceptors (Lipinski definition) is 6. The second-order valence-electron chi connectivity index (χ2n) is 9.58. The largest absolute Gasteiger partial charge is 0.511 e. The Morgan fingerprint density at radius 1 is 1.08 bits per heavy atom. The van der Waals surface area contributed by atoms with Crippen molar-refractivity contribution in [2.24, 2.45) is 0 Å². The van der Waals surface area contributed by atoms with Crippen LogP contribution in [-0.4, -0.2) is 59.4 Å². The van der Waals surface area contributed by atoms with E-state index in [1.54, 1.807) is 42.7 Å². The molecule has 1 amide bonds. The maximum atomic E-state index is 14.4. The third-order valence-corrected chi connectivity index (χ3v) is 7.96. The van der Waals surface area contributed by atoms with E-state index >= 15 is 0 Å². The summed E-state index contributed by atoms with van der Waals surface area (Å²) in [5, 5.41) is 9.57. The first-order valence-electron chi connectivity index (χ1n) is 12.4. The Kier molecular flexibility index (Phi) is 7.04. The molecule has 2 atom stereocenters. The molecule has 0 radical (unpaired) electrons. The number of carbonyl (C=O) groups excluding carboxylic acids is 1. The number of carbonyl (C=O) groups is 2. The molecule has 2 aromatic carbocycles. The van der Waals surface area contributed by atoms with Crippen LogP contribution in [0.3, 0.4) is 0 Å². The fraction of sp³-hybridized carbons (Fsp3) is 0.321. The SMILES string of the molecule is C[N+](C(=O)c1ccccc1Cl)(C1CCN(c2ccncc2)CC1)C1CCOc2ccc(OC(=O)O)cc21. The molecule has 1 N–H and O–H groups in total. The average molecular weight is 523 g/mol. The topological polar surface area (TPSA) is 89.0 Å². The summed E-state index contributed by atoms with van der Waals surface area (Å²) in [7, 11) is 1.99. The van der Waals surface area contributed by atoms with Gasteiger partial charge in [-0.15, -0.1) is 0 Å². The molecule has 1 aromatic heterocycles. The summed E-state index contributed by atoms with van der Waals surface area (Å²) in [6, 6.07) is 15.9. The number of fused-ring (bicyclic) bond motifs is 1. The van der Waals surface area contributed by atoms with Gasteiger partial charge in [0.1, 0.15) is 17.5 Å². The average Bonchev–Trinajstić information content (AvgIpc) is 2.92. The molecule has 2 unspecified atom stereocenters. The molecule has 0 spiro atoms. The smallest absolute Gasteiger partial charge is 0.493 e. The van der Waals surface area contributed by atoms with Gasteiger partial charge >= 0.3 is 12.1 Å². The predicted octanol–water partition coefficient (Wildman–Crippen LogP) is 5.57. The first-order chi connectivity index (χ1) is 17.9. The maximum absolute atomic E-state index is 14.4. The van der Waals surface area contributed by atoms with Crippen LogP contribution in [-0.2, 0) is 0 Å². The summed E-state index contributed by atoms with van der Waals surface area (Å²) in [5.41, 5.74) is 2.37. The number of halogens is 1. The molecule has 1 fully saturated rings. The van der Waals surface area contributed by atoms with E-state index in [1.807, 2.05) is 31.3 Å². The monoisotopic (exact) mass is 522 g/mol. The van der Waals surface area contributed by atoms with Crippen molar-refractivity contribution in [3.05, 3.63) is 83.1 Å². The van der Waals surface area contributed by atoms with Crippen LogP contribution >= 0.6 is 11.6 Å². The van der Waals surface area contributed by atoms with E-state index in [0.717, 1.165) is 37.2 Å². The van der Waals surface area contributed by atoms with Crippen molar-refractivity contribution in [1.82, 2.24) is 4.98 Å². The zero-order valence-corrected chi connectivity index (χ0v) is 21.3. The molecule has 0 aliphatic carbocycles. The van der Waals surface area contributed by atoms with Gasteiger partial charge in [-0.1, -0.05) is 23.7 Å². The Hall–Kier alpha value is -3.62. The molecule has 5 rings (SSSR count). The number of carboxylic acid groups (broad SMARTS) is 1. The van der Waals surface area contributed by atoms with Crippen LogP contribution in [0.25, 0.3) is 0 Å². The maximum Gasteiger partial charge on any atom is 0.511 e. The minimum absolute atomic E-state index is 0.0156. The fourth-order valence-corrected chi connectivity index (χ4v) is 5.96. The molecular weight excluding hydrogens is 494 g/mol. The van der Waals surface area contributed by atoms with E-state index in [-0.39, 0.29) is 28.2 Å². The highest BCUT2D eigenvalue weighted by atomic mass is 35.5. The van der Waals surface area contributed by atoms with Gasteiger partial charge in [0.15, 0.2) is 0 Å². The standard InChI is InChI=1S/C28H28ClN3O5/c1-32(27(33)22-4-2-3-5-24(22)29,20-10-15-31(16-11-20)19-8-13-30-14-9-19)25-12-17-36-26-7-6-21(18-23(25)26)37-28(34)35/h2-9,13-14,18,20,25H,10-12,15-17H2,1H3/p+1. The zero-order valence-electron chi connectivity index (χ0n) is 20.5. The number of anilines is 1. The van der Waals surface area contributed by atoms with E-state index in [9.17, 15) is 9.59 Å². The number of amides is 1. The minimum atomic E-state index is -1.39. The van der Waals surface area contributed by atoms with Gasteiger partial charge < -0.3 is 19.5 Å². The van der Waals surface area contributed by atoms with E-state index in [1.165, 1.54) is 0 Å². The second kappa shape index (κ2) is 10.4. The van der Waals surface area contributed by atoms with Crippen LogP contribution in [0.4, 0.5) is 10.5 Å². The molecule has 0 bridgehead atoms. The lowest BCUT2D eigenvalue weighted by Gasteiger charge is -2.49. The first-order valence-corrected chi connectivity index (χ1v) is 12.7. The third-order valence-electron chi connectivity index (χ3n) is 7.63. The molecule has 2 aliphatic rings.